The van der Waals surface area contributed by atoms with Crippen molar-refractivity contribution in [3.63, 3.8) is 0 Å². The number of aromatic nitrogens is 1. The van der Waals surface area contributed by atoms with Crippen LogP contribution >= 0.6 is 11.3 Å². The van der Waals surface area contributed by atoms with Crippen LogP contribution in [0.1, 0.15) is 32.3 Å². The maximum atomic E-state index is 8.92. The Balaban J connectivity index is 2.18. The molecular weight excluding hydrogens is 256 g/mol. The zero-order valence-corrected chi connectivity index (χ0v) is 12.4. The van der Waals surface area contributed by atoms with Crippen LogP contribution in [0.3, 0.4) is 0 Å². The number of aryl methyl sites for hydroxylation is 4. The lowest BCUT2D eigenvalue weighted by Gasteiger charge is -2.11. The summed E-state index contributed by atoms with van der Waals surface area (Å²) in [6.45, 7) is 8.47. The van der Waals surface area contributed by atoms with Gasteiger partial charge in [-0.1, -0.05) is 0 Å². The largest absolute Gasteiger partial charge is 0.486 e. The van der Waals surface area contributed by atoms with Gasteiger partial charge in [-0.2, -0.15) is 5.26 Å². The van der Waals surface area contributed by atoms with E-state index in [-0.39, 0.29) is 0 Å². The van der Waals surface area contributed by atoms with E-state index in [0.29, 0.717) is 12.2 Å². The Hall–Kier alpha value is -1.86. The van der Waals surface area contributed by atoms with E-state index in [9.17, 15) is 0 Å². The summed E-state index contributed by atoms with van der Waals surface area (Å²) >= 11 is 1.66. The lowest BCUT2D eigenvalue weighted by molar-refractivity contribution is 0.301. The third-order valence-electron chi connectivity index (χ3n) is 3.00. The van der Waals surface area contributed by atoms with Crippen molar-refractivity contribution in [3.05, 3.63) is 44.4 Å². The Morgan fingerprint density at radius 1 is 1.21 bits per heavy atom. The second-order valence-corrected chi connectivity index (χ2v) is 5.88. The number of nitriles is 1. The van der Waals surface area contributed by atoms with Crippen molar-refractivity contribution in [2.75, 3.05) is 0 Å². The quantitative estimate of drug-likeness (QED) is 0.853. The first-order valence-corrected chi connectivity index (χ1v) is 6.90. The number of hydrogen-bond acceptors (Lipinski definition) is 4. The Kier molecular flexibility index (Phi) is 3.87. The molecule has 98 valence electrons. The highest BCUT2D eigenvalue weighted by Gasteiger charge is 2.09. The van der Waals surface area contributed by atoms with Crippen LogP contribution in [0, 0.1) is 39.0 Å². The van der Waals surface area contributed by atoms with Gasteiger partial charge in [-0.3, -0.25) is 0 Å². The van der Waals surface area contributed by atoms with Crippen LogP contribution in [-0.2, 0) is 6.61 Å². The van der Waals surface area contributed by atoms with Crippen LogP contribution < -0.4 is 4.74 Å². The SMILES string of the molecule is Cc1cc(C#N)cc(C)c1OCc1nc(C)c(C)s1. The smallest absolute Gasteiger partial charge is 0.140 e. The minimum absolute atomic E-state index is 0.479. The maximum absolute atomic E-state index is 8.92. The first-order valence-electron chi connectivity index (χ1n) is 6.08. The molecule has 2 rings (SSSR count). The van der Waals surface area contributed by atoms with Gasteiger partial charge in [-0.05, 0) is 51.0 Å². The van der Waals surface area contributed by atoms with Crippen LogP contribution in [0.2, 0.25) is 0 Å². The fourth-order valence-corrected chi connectivity index (χ4v) is 2.82. The molecule has 0 amide bonds. The van der Waals surface area contributed by atoms with Crippen molar-refractivity contribution in [1.82, 2.24) is 4.98 Å². The van der Waals surface area contributed by atoms with Gasteiger partial charge in [0.05, 0.1) is 17.3 Å². The second-order valence-electron chi connectivity index (χ2n) is 4.59. The molecular formula is C15H16N2OS. The van der Waals surface area contributed by atoms with Crippen LogP contribution in [0.4, 0.5) is 0 Å². The average molecular weight is 272 g/mol. The molecule has 0 radical (unpaired) electrons. The summed E-state index contributed by atoms with van der Waals surface area (Å²) in [5, 5.41) is 9.90. The zero-order valence-electron chi connectivity index (χ0n) is 11.6. The molecule has 2 aromatic rings. The van der Waals surface area contributed by atoms with Crippen LogP contribution in [-0.4, -0.2) is 4.98 Å². The van der Waals surface area contributed by atoms with Gasteiger partial charge < -0.3 is 4.74 Å². The Morgan fingerprint density at radius 2 is 1.84 bits per heavy atom. The van der Waals surface area contributed by atoms with Gasteiger partial charge in [0.25, 0.3) is 0 Å². The normalized spacial score (nSPS) is 10.3. The first kappa shape index (κ1) is 13.6. The van der Waals surface area contributed by atoms with Gasteiger partial charge in [-0.25, -0.2) is 4.98 Å². The summed E-state index contributed by atoms with van der Waals surface area (Å²) in [4.78, 5) is 5.69. The second kappa shape index (κ2) is 5.41. The molecule has 0 fully saturated rings. The predicted molar refractivity (Wildman–Crippen MR) is 76.6 cm³/mol. The maximum Gasteiger partial charge on any atom is 0.140 e. The van der Waals surface area contributed by atoms with Crippen molar-refractivity contribution >= 4 is 11.3 Å². The van der Waals surface area contributed by atoms with Gasteiger partial charge >= 0.3 is 0 Å². The Bertz CT molecular complexity index is 610. The monoisotopic (exact) mass is 272 g/mol. The van der Waals surface area contributed by atoms with Gasteiger partial charge in [0, 0.05) is 4.88 Å². The molecule has 1 aromatic heterocycles. The number of ether oxygens (including phenoxy) is 1. The van der Waals surface area contributed by atoms with E-state index in [1.807, 2.05) is 32.9 Å². The van der Waals surface area contributed by atoms with Crippen molar-refractivity contribution in [3.8, 4) is 11.8 Å². The molecule has 1 heterocycles. The number of hydrogen-bond donors (Lipinski definition) is 0. The fourth-order valence-electron chi connectivity index (χ4n) is 1.98. The molecule has 0 aliphatic carbocycles. The molecule has 3 nitrogen and oxygen atoms in total. The van der Waals surface area contributed by atoms with Crippen molar-refractivity contribution in [1.29, 1.82) is 5.26 Å². The molecule has 0 spiro atoms. The lowest BCUT2D eigenvalue weighted by atomic mass is 10.1. The minimum Gasteiger partial charge on any atom is -0.486 e. The predicted octanol–water partition coefficient (Wildman–Crippen LogP) is 3.83. The lowest BCUT2D eigenvalue weighted by Crippen LogP contribution is -1.99. The summed E-state index contributed by atoms with van der Waals surface area (Å²) in [6, 6.07) is 5.85. The van der Waals surface area contributed by atoms with Gasteiger partial charge in [-0.15, -0.1) is 11.3 Å². The van der Waals surface area contributed by atoms with Gasteiger partial charge in [0.2, 0.25) is 0 Å². The van der Waals surface area contributed by atoms with E-state index in [1.165, 1.54) is 4.88 Å². The number of nitrogens with zero attached hydrogens (tertiary/aromatic N) is 2. The van der Waals surface area contributed by atoms with Crippen LogP contribution in [0.15, 0.2) is 12.1 Å². The molecule has 0 N–H and O–H groups in total. The highest BCUT2D eigenvalue weighted by atomic mass is 32.1. The van der Waals surface area contributed by atoms with Crippen molar-refractivity contribution in [2.24, 2.45) is 0 Å². The Morgan fingerprint density at radius 3 is 2.32 bits per heavy atom. The number of rotatable bonds is 3. The molecule has 0 saturated carbocycles. The molecule has 19 heavy (non-hydrogen) atoms. The zero-order chi connectivity index (χ0) is 14.0. The Labute approximate surface area is 117 Å². The van der Waals surface area contributed by atoms with Crippen LogP contribution in [0.25, 0.3) is 0 Å². The molecule has 0 bridgehead atoms. The molecule has 0 atom stereocenters. The summed E-state index contributed by atoms with van der Waals surface area (Å²) in [6.07, 6.45) is 0. The highest BCUT2D eigenvalue weighted by Crippen LogP contribution is 2.26. The minimum atomic E-state index is 0.479. The summed E-state index contributed by atoms with van der Waals surface area (Å²) in [5.74, 6) is 0.851. The van der Waals surface area contributed by atoms with E-state index in [2.05, 4.69) is 18.0 Å². The van der Waals surface area contributed by atoms with E-state index < -0.39 is 0 Å². The molecule has 4 heteroatoms. The fraction of sp³-hybridized carbons (Fsp3) is 0.333. The summed E-state index contributed by atoms with van der Waals surface area (Å²) in [7, 11) is 0. The summed E-state index contributed by atoms with van der Waals surface area (Å²) < 4.78 is 5.86. The topological polar surface area (TPSA) is 45.9 Å². The average Bonchev–Trinajstić information content (AvgIpc) is 2.67. The number of thiazole rings is 1. The number of benzene rings is 1. The standard InChI is InChI=1S/C15H16N2OS/c1-9-5-13(7-16)6-10(2)15(9)18-8-14-17-11(3)12(4)19-14/h5-6H,8H2,1-4H3. The van der Waals surface area contributed by atoms with Crippen molar-refractivity contribution < 1.29 is 4.74 Å². The first-order chi connectivity index (χ1) is 9.01. The molecule has 1 aromatic carbocycles. The van der Waals surface area contributed by atoms with E-state index >= 15 is 0 Å². The summed E-state index contributed by atoms with van der Waals surface area (Å²) in [5.41, 5.74) is 3.71. The molecule has 0 aliphatic rings. The third-order valence-corrected chi connectivity index (χ3v) is 4.05. The van der Waals surface area contributed by atoms with E-state index in [4.69, 9.17) is 10.00 Å². The van der Waals surface area contributed by atoms with Gasteiger partial charge in [0.15, 0.2) is 0 Å². The highest BCUT2D eigenvalue weighted by molar-refractivity contribution is 7.11. The van der Waals surface area contributed by atoms with E-state index in [1.54, 1.807) is 11.3 Å². The van der Waals surface area contributed by atoms with Crippen LogP contribution in [0.5, 0.6) is 5.75 Å². The molecule has 0 aliphatic heterocycles. The third kappa shape index (κ3) is 2.94. The molecule has 0 unspecified atom stereocenters. The molecule has 0 saturated heterocycles. The van der Waals surface area contributed by atoms with Crippen molar-refractivity contribution in [2.45, 2.75) is 34.3 Å². The van der Waals surface area contributed by atoms with Gasteiger partial charge in [0.1, 0.15) is 17.4 Å². The van der Waals surface area contributed by atoms with E-state index in [0.717, 1.165) is 27.6 Å².